The van der Waals surface area contributed by atoms with Gasteiger partial charge in [-0.15, -0.1) is 0 Å². The van der Waals surface area contributed by atoms with Gasteiger partial charge in [-0.05, 0) is 59.3 Å². The minimum atomic E-state index is -0.508. The van der Waals surface area contributed by atoms with Crippen molar-refractivity contribution < 1.29 is 18.9 Å². The molecule has 0 bridgehead atoms. The van der Waals surface area contributed by atoms with Crippen LogP contribution in [0, 0.1) is 19.5 Å². The van der Waals surface area contributed by atoms with Crippen molar-refractivity contribution in [2.24, 2.45) is 0 Å². The van der Waals surface area contributed by atoms with E-state index < -0.39 is 16.8 Å². The first kappa shape index (κ1) is 20.0. The van der Waals surface area contributed by atoms with Crippen LogP contribution in [0.1, 0.15) is 16.8 Å². The number of anilines is 1. The summed E-state index contributed by atoms with van der Waals surface area (Å²) in [6.45, 7) is 0.802. The lowest BCUT2D eigenvalue weighted by atomic mass is 10.2. The Bertz CT molecular complexity index is 922. The third-order valence-electron chi connectivity index (χ3n) is 4.31. The van der Waals surface area contributed by atoms with Gasteiger partial charge in [-0.1, -0.05) is 0 Å². The van der Waals surface area contributed by atoms with Crippen LogP contribution in [0.5, 0.6) is 0 Å². The molecule has 0 aliphatic carbocycles. The first-order valence-corrected chi connectivity index (χ1v) is 9.47. The molecule has 3 rings (SSSR count). The number of halogens is 2. The molecule has 1 atom stereocenters. The molecule has 1 aliphatic rings. The minimum Gasteiger partial charge on any atom is -0.336 e. The van der Waals surface area contributed by atoms with Crippen molar-refractivity contribution in [3.63, 3.8) is 0 Å². The van der Waals surface area contributed by atoms with E-state index in [1.807, 2.05) is 22.6 Å². The van der Waals surface area contributed by atoms with Gasteiger partial charge in [0.1, 0.15) is 5.82 Å². The first-order valence-electron chi connectivity index (χ1n) is 8.40. The van der Waals surface area contributed by atoms with Crippen LogP contribution in [-0.4, -0.2) is 40.9 Å². The number of benzene rings is 2. The molecule has 0 spiro atoms. The Labute approximate surface area is 173 Å². The zero-order valence-corrected chi connectivity index (χ0v) is 16.7. The fraction of sp³-hybridized carbons (Fsp3) is 0.222. The molecule has 146 valence electrons. The van der Waals surface area contributed by atoms with E-state index in [1.54, 1.807) is 4.90 Å². The lowest BCUT2D eigenvalue weighted by Crippen LogP contribution is -2.40. The van der Waals surface area contributed by atoms with E-state index in [0.29, 0.717) is 34.3 Å². The summed E-state index contributed by atoms with van der Waals surface area (Å²) < 4.78 is 13.4. The second kappa shape index (κ2) is 8.50. The van der Waals surface area contributed by atoms with Gasteiger partial charge in [0.05, 0.1) is 10.5 Å². The van der Waals surface area contributed by atoms with E-state index in [0.717, 1.165) is 0 Å². The molecule has 1 heterocycles. The number of amides is 3. The molecule has 2 aromatic rings. The highest BCUT2D eigenvalue weighted by Gasteiger charge is 2.29. The van der Waals surface area contributed by atoms with E-state index in [1.165, 1.54) is 42.5 Å². The van der Waals surface area contributed by atoms with Crippen LogP contribution in [-0.2, 0) is 0 Å². The summed E-state index contributed by atoms with van der Waals surface area (Å²) in [5.41, 5.74) is 0.784. The normalized spacial score (nSPS) is 15.9. The second-order valence-corrected chi connectivity index (χ2v) is 7.43. The standard InChI is InChI=1S/C18H16FIN4O4/c19-11-1-3-12(4-2-11)21-18(26)22-13-7-8-23(10-13)17(25)15-6-5-14(24(27)28)9-16(15)20/h1-6,9,13H,7-8,10H2,(H2,21,22,26). The van der Waals surface area contributed by atoms with Crippen molar-refractivity contribution in [2.45, 2.75) is 12.5 Å². The molecule has 2 aromatic carbocycles. The van der Waals surface area contributed by atoms with Gasteiger partial charge < -0.3 is 15.5 Å². The van der Waals surface area contributed by atoms with Crippen LogP contribution in [0.15, 0.2) is 42.5 Å². The number of carbonyl (C=O) groups is 2. The number of hydrogen-bond acceptors (Lipinski definition) is 4. The molecule has 28 heavy (non-hydrogen) atoms. The Kier molecular flexibility index (Phi) is 6.07. The third kappa shape index (κ3) is 4.74. The van der Waals surface area contributed by atoms with Crippen LogP contribution in [0.25, 0.3) is 0 Å². The van der Waals surface area contributed by atoms with Crippen molar-refractivity contribution in [1.29, 1.82) is 0 Å². The van der Waals surface area contributed by atoms with E-state index in [4.69, 9.17) is 0 Å². The average Bonchev–Trinajstić information content (AvgIpc) is 3.11. The maximum atomic E-state index is 12.9. The molecule has 2 N–H and O–H groups in total. The lowest BCUT2D eigenvalue weighted by Gasteiger charge is -2.18. The highest BCUT2D eigenvalue weighted by Crippen LogP contribution is 2.22. The maximum Gasteiger partial charge on any atom is 0.319 e. The van der Waals surface area contributed by atoms with Gasteiger partial charge in [0.15, 0.2) is 0 Å². The summed E-state index contributed by atoms with van der Waals surface area (Å²) in [5.74, 6) is -0.626. The number of nitro groups is 1. The van der Waals surface area contributed by atoms with Crippen LogP contribution in [0.2, 0.25) is 0 Å². The summed E-state index contributed by atoms with van der Waals surface area (Å²) >= 11 is 1.90. The number of non-ortho nitro benzene ring substituents is 1. The quantitative estimate of drug-likeness (QED) is 0.383. The van der Waals surface area contributed by atoms with Gasteiger partial charge in [0, 0.05) is 40.5 Å². The zero-order valence-electron chi connectivity index (χ0n) is 14.5. The predicted octanol–water partition coefficient (Wildman–Crippen LogP) is 3.37. The van der Waals surface area contributed by atoms with Gasteiger partial charge in [-0.2, -0.15) is 0 Å². The topological polar surface area (TPSA) is 105 Å². The largest absolute Gasteiger partial charge is 0.336 e. The number of nitrogens with zero attached hydrogens (tertiary/aromatic N) is 2. The van der Waals surface area contributed by atoms with Crippen molar-refractivity contribution in [3.8, 4) is 0 Å². The number of urea groups is 1. The summed E-state index contributed by atoms with van der Waals surface area (Å²) in [4.78, 5) is 36.7. The third-order valence-corrected chi connectivity index (χ3v) is 5.20. The van der Waals surface area contributed by atoms with E-state index in [9.17, 15) is 24.1 Å². The molecule has 1 aliphatic heterocycles. The Morgan fingerprint density at radius 1 is 1.21 bits per heavy atom. The van der Waals surface area contributed by atoms with Crippen molar-refractivity contribution in [1.82, 2.24) is 10.2 Å². The molecule has 8 nitrogen and oxygen atoms in total. The molecule has 1 saturated heterocycles. The molecule has 10 heteroatoms. The first-order chi connectivity index (χ1) is 13.3. The van der Waals surface area contributed by atoms with Gasteiger partial charge in [-0.25, -0.2) is 9.18 Å². The molecule has 0 radical (unpaired) electrons. The minimum absolute atomic E-state index is 0.0700. The number of nitro benzene ring substituents is 1. The summed E-state index contributed by atoms with van der Waals surface area (Å²) in [6.07, 6.45) is 0.589. The van der Waals surface area contributed by atoms with Crippen LogP contribution >= 0.6 is 22.6 Å². The Morgan fingerprint density at radius 2 is 1.93 bits per heavy atom. The summed E-state index contributed by atoms with van der Waals surface area (Å²) in [7, 11) is 0. The number of rotatable bonds is 4. The Hall–Kier alpha value is -2.76. The summed E-state index contributed by atoms with van der Waals surface area (Å²) in [5, 5.41) is 16.2. The number of carbonyl (C=O) groups excluding carboxylic acids is 2. The van der Waals surface area contributed by atoms with E-state index in [2.05, 4.69) is 10.6 Å². The number of hydrogen-bond donors (Lipinski definition) is 2. The summed E-state index contributed by atoms with van der Waals surface area (Å²) in [6, 6.07) is 8.86. The molecule has 3 amide bonds. The molecule has 0 saturated carbocycles. The van der Waals surface area contributed by atoms with Crippen molar-refractivity contribution in [2.75, 3.05) is 18.4 Å². The average molecular weight is 498 g/mol. The molecular formula is C18H16FIN4O4. The lowest BCUT2D eigenvalue weighted by molar-refractivity contribution is -0.384. The molecule has 0 aromatic heterocycles. The predicted molar refractivity (Wildman–Crippen MR) is 109 cm³/mol. The maximum absolute atomic E-state index is 12.9. The number of likely N-dealkylation sites (tertiary alicyclic amines) is 1. The van der Waals surface area contributed by atoms with Gasteiger partial charge >= 0.3 is 6.03 Å². The molecule has 1 unspecified atom stereocenters. The van der Waals surface area contributed by atoms with Gasteiger partial charge in [-0.3, -0.25) is 14.9 Å². The SMILES string of the molecule is O=C(Nc1ccc(F)cc1)NC1CCN(C(=O)c2ccc([N+](=O)[O-])cc2I)C1. The van der Waals surface area contributed by atoms with Gasteiger partial charge in [0.25, 0.3) is 11.6 Å². The highest BCUT2D eigenvalue weighted by molar-refractivity contribution is 14.1. The highest BCUT2D eigenvalue weighted by atomic mass is 127. The Morgan fingerprint density at radius 3 is 2.57 bits per heavy atom. The fourth-order valence-corrected chi connectivity index (χ4v) is 3.64. The monoisotopic (exact) mass is 498 g/mol. The van der Waals surface area contributed by atoms with Crippen molar-refractivity contribution in [3.05, 3.63) is 67.5 Å². The van der Waals surface area contributed by atoms with Crippen LogP contribution in [0.4, 0.5) is 20.6 Å². The molecule has 1 fully saturated rings. The van der Waals surface area contributed by atoms with Crippen LogP contribution in [0.3, 0.4) is 0 Å². The fourth-order valence-electron chi connectivity index (χ4n) is 2.91. The van der Waals surface area contributed by atoms with Crippen LogP contribution < -0.4 is 10.6 Å². The number of nitrogens with one attached hydrogen (secondary N) is 2. The Balaban J connectivity index is 1.57. The van der Waals surface area contributed by atoms with Gasteiger partial charge in [0.2, 0.25) is 0 Å². The van der Waals surface area contributed by atoms with E-state index in [-0.39, 0.29) is 17.6 Å². The second-order valence-electron chi connectivity index (χ2n) is 6.26. The van der Waals surface area contributed by atoms with Crippen molar-refractivity contribution >= 4 is 45.9 Å². The van der Waals surface area contributed by atoms with E-state index >= 15 is 0 Å². The molecular weight excluding hydrogens is 482 g/mol. The smallest absolute Gasteiger partial charge is 0.319 e. The zero-order chi connectivity index (χ0) is 20.3.